The molecule has 200 valence electrons. The van der Waals surface area contributed by atoms with E-state index in [9.17, 15) is 14.4 Å². The number of anilines is 4. The molecule has 3 heterocycles. The molecule has 9 heteroatoms. The maximum atomic E-state index is 14.1. The molecule has 1 aromatic carbocycles. The average Bonchev–Trinajstić information content (AvgIpc) is 2.98. The van der Waals surface area contributed by atoms with E-state index in [4.69, 9.17) is 9.47 Å². The van der Waals surface area contributed by atoms with Crippen LogP contribution in [0.1, 0.15) is 52.0 Å². The number of Topliss-reactive ketones (excluding diaryl/α,β-unsaturated/α-hetero) is 1. The van der Waals surface area contributed by atoms with E-state index < -0.39 is 11.7 Å². The van der Waals surface area contributed by atoms with Gasteiger partial charge in [0.15, 0.2) is 0 Å². The van der Waals surface area contributed by atoms with Gasteiger partial charge in [0.25, 0.3) is 0 Å². The third-order valence-electron chi connectivity index (χ3n) is 7.97. The van der Waals surface area contributed by atoms with E-state index in [1.807, 2.05) is 56.0 Å². The summed E-state index contributed by atoms with van der Waals surface area (Å²) in [6.07, 6.45) is 3.77. The monoisotopic (exact) mass is 518 g/mol. The van der Waals surface area contributed by atoms with Gasteiger partial charge in [-0.3, -0.25) is 9.59 Å². The molecule has 2 amide bonds. The Labute approximate surface area is 222 Å². The second-order valence-corrected chi connectivity index (χ2v) is 12.0. The highest BCUT2D eigenvalue weighted by atomic mass is 16.6. The number of rotatable bonds is 2. The number of carbonyl (C=O) groups is 3. The zero-order chi connectivity index (χ0) is 26.7. The smallest absolute Gasteiger partial charge is 0.420 e. The number of carbonyl (C=O) groups excluding carboxylic acids is 3. The summed E-state index contributed by atoms with van der Waals surface area (Å²) >= 11 is 0. The summed E-state index contributed by atoms with van der Waals surface area (Å²) in [5.74, 6) is 0.638. The Hall–Kier alpha value is -3.46. The predicted octanol–water partition coefficient (Wildman–Crippen LogP) is 4.60. The van der Waals surface area contributed by atoms with Crippen molar-refractivity contribution in [2.75, 3.05) is 41.0 Å². The van der Waals surface area contributed by atoms with Crippen molar-refractivity contribution in [3.05, 3.63) is 42.1 Å². The fraction of sp³-hybridized carbons (Fsp3) is 0.517. The molecule has 6 rings (SSSR count). The molecule has 0 atom stereocenters. The van der Waals surface area contributed by atoms with Crippen LogP contribution in [0, 0.1) is 11.3 Å². The molecule has 1 spiro atoms. The molecule has 38 heavy (non-hydrogen) atoms. The minimum absolute atomic E-state index is 0.0176. The van der Waals surface area contributed by atoms with Crippen LogP contribution in [0.3, 0.4) is 0 Å². The lowest BCUT2D eigenvalue weighted by molar-refractivity contribution is -0.149. The van der Waals surface area contributed by atoms with Crippen LogP contribution < -0.4 is 14.7 Å². The molecular weight excluding hydrogens is 484 g/mol. The zero-order valence-corrected chi connectivity index (χ0v) is 22.2. The molecule has 9 nitrogen and oxygen atoms in total. The standard InChI is InChI=1S/C29H34N4O5/c1-28(2,3)38-27(36)33-23-7-6-21(31-9-11-37-12-10-31)13-24(23)32(18-19-5-4-8-30-25(19)33)26(35)20-14-29(15-20)16-22(34)17-29/h4-8,13,20H,9-12,14-18H2,1-3H3. The lowest BCUT2D eigenvalue weighted by Crippen LogP contribution is -2.53. The van der Waals surface area contributed by atoms with Gasteiger partial charge in [-0.25, -0.2) is 14.7 Å². The van der Waals surface area contributed by atoms with E-state index in [-0.39, 0.29) is 17.2 Å². The van der Waals surface area contributed by atoms with Gasteiger partial charge in [-0.1, -0.05) is 6.07 Å². The topological polar surface area (TPSA) is 92.3 Å². The number of benzene rings is 1. The van der Waals surface area contributed by atoms with E-state index >= 15 is 0 Å². The van der Waals surface area contributed by atoms with Gasteiger partial charge in [-0.05, 0) is 63.3 Å². The molecule has 2 aliphatic heterocycles. The maximum absolute atomic E-state index is 14.1. The minimum Gasteiger partial charge on any atom is -0.443 e. The number of ether oxygens (including phenoxy) is 2. The second kappa shape index (κ2) is 9.08. The molecule has 0 N–H and O–H groups in total. The van der Waals surface area contributed by atoms with Crippen LogP contribution in [-0.2, 0) is 25.6 Å². The third kappa shape index (κ3) is 4.42. The highest BCUT2D eigenvalue weighted by Gasteiger charge is 2.55. The maximum Gasteiger partial charge on any atom is 0.420 e. The Kier molecular flexibility index (Phi) is 5.94. The van der Waals surface area contributed by atoms with Crippen LogP contribution in [0.2, 0.25) is 0 Å². The Balaban J connectivity index is 1.43. The Morgan fingerprint density at radius 2 is 1.82 bits per heavy atom. The normalized spacial score (nSPS) is 20.7. The Bertz CT molecular complexity index is 1280. The summed E-state index contributed by atoms with van der Waals surface area (Å²) in [7, 11) is 0. The highest BCUT2D eigenvalue weighted by Crippen LogP contribution is 2.58. The van der Waals surface area contributed by atoms with Crippen molar-refractivity contribution in [1.82, 2.24) is 4.98 Å². The van der Waals surface area contributed by atoms with Crippen LogP contribution in [0.4, 0.5) is 27.7 Å². The van der Waals surface area contributed by atoms with E-state index in [1.54, 1.807) is 6.20 Å². The molecule has 2 saturated carbocycles. The van der Waals surface area contributed by atoms with Gasteiger partial charge >= 0.3 is 6.09 Å². The molecule has 2 aliphatic carbocycles. The molecule has 1 aromatic heterocycles. The number of morpholine rings is 1. The first kappa shape index (κ1) is 24.9. The van der Waals surface area contributed by atoms with Gasteiger partial charge in [-0.2, -0.15) is 0 Å². The molecule has 2 aromatic rings. The van der Waals surface area contributed by atoms with Crippen molar-refractivity contribution < 1.29 is 23.9 Å². The number of nitrogens with zero attached hydrogens (tertiary/aromatic N) is 4. The highest BCUT2D eigenvalue weighted by molar-refractivity contribution is 6.07. The summed E-state index contributed by atoms with van der Waals surface area (Å²) in [6.45, 7) is 8.58. The fourth-order valence-corrected chi connectivity index (χ4v) is 6.20. The molecule has 4 aliphatic rings. The average molecular weight is 519 g/mol. The van der Waals surface area contributed by atoms with Crippen molar-refractivity contribution >= 4 is 40.7 Å². The third-order valence-corrected chi connectivity index (χ3v) is 7.97. The molecular formula is C29H34N4O5. The largest absolute Gasteiger partial charge is 0.443 e. The van der Waals surface area contributed by atoms with E-state index in [0.29, 0.717) is 55.6 Å². The van der Waals surface area contributed by atoms with E-state index in [1.165, 1.54) is 4.90 Å². The number of hydrogen-bond donors (Lipinski definition) is 0. The summed E-state index contributed by atoms with van der Waals surface area (Å²) in [5, 5.41) is 0. The number of hydrogen-bond acceptors (Lipinski definition) is 7. The SMILES string of the molecule is CC(C)(C)OC(=O)N1c2ccc(N3CCOCC3)cc2N(C(=O)C2CC3(CC(=O)C3)C2)Cc2cccnc21. The van der Waals surface area contributed by atoms with Crippen LogP contribution in [0.15, 0.2) is 36.5 Å². The van der Waals surface area contributed by atoms with Gasteiger partial charge in [0.05, 0.1) is 31.1 Å². The molecule has 0 unspecified atom stereocenters. The van der Waals surface area contributed by atoms with Crippen molar-refractivity contribution in [3.63, 3.8) is 0 Å². The molecule has 1 saturated heterocycles. The van der Waals surface area contributed by atoms with Gasteiger partial charge in [0.1, 0.15) is 17.2 Å². The first-order valence-corrected chi connectivity index (χ1v) is 13.4. The van der Waals surface area contributed by atoms with Gasteiger partial charge in [0.2, 0.25) is 5.91 Å². The molecule has 0 radical (unpaired) electrons. The van der Waals surface area contributed by atoms with Gasteiger partial charge in [-0.15, -0.1) is 0 Å². The van der Waals surface area contributed by atoms with Gasteiger partial charge in [0, 0.05) is 49.3 Å². The summed E-state index contributed by atoms with van der Waals surface area (Å²) < 4.78 is 11.4. The Morgan fingerprint density at radius 3 is 2.50 bits per heavy atom. The fourth-order valence-electron chi connectivity index (χ4n) is 6.20. The van der Waals surface area contributed by atoms with Crippen LogP contribution in [-0.4, -0.2) is 54.7 Å². The van der Waals surface area contributed by atoms with Gasteiger partial charge < -0.3 is 19.3 Å². The number of amides is 2. The van der Waals surface area contributed by atoms with Crippen LogP contribution >= 0.6 is 0 Å². The van der Waals surface area contributed by atoms with E-state index in [2.05, 4.69) is 9.88 Å². The van der Waals surface area contributed by atoms with Crippen molar-refractivity contribution in [2.45, 2.75) is 58.6 Å². The van der Waals surface area contributed by atoms with Crippen molar-refractivity contribution in [3.8, 4) is 0 Å². The predicted molar refractivity (Wildman–Crippen MR) is 143 cm³/mol. The number of fused-ring (bicyclic) bond motifs is 2. The number of ketones is 1. The molecule has 0 bridgehead atoms. The summed E-state index contributed by atoms with van der Waals surface area (Å²) in [6, 6.07) is 9.60. The second-order valence-electron chi connectivity index (χ2n) is 12.0. The van der Waals surface area contributed by atoms with Crippen molar-refractivity contribution in [1.29, 1.82) is 0 Å². The number of pyridine rings is 1. The van der Waals surface area contributed by atoms with Crippen LogP contribution in [0.25, 0.3) is 0 Å². The lowest BCUT2D eigenvalue weighted by atomic mass is 9.51. The minimum atomic E-state index is -0.706. The van der Waals surface area contributed by atoms with E-state index in [0.717, 1.165) is 37.2 Å². The number of aromatic nitrogens is 1. The Morgan fingerprint density at radius 1 is 1.08 bits per heavy atom. The van der Waals surface area contributed by atoms with Crippen molar-refractivity contribution in [2.24, 2.45) is 11.3 Å². The first-order valence-electron chi connectivity index (χ1n) is 13.4. The van der Waals surface area contributed by atoms with Crippen LogP contribution in [0.5, 0.6) is 0 Å². The zero-order valence-electron chi connectivity index (χ0n) is 22.2. The summed E-state index contributed by atoms with van der Waals surface area (Å²) in [4.78, 5) is 49.4. The lowest BCUT2D eigenvalue weighted by Gasteiger charge is -2.53. The quantitative estimate of drug-likeness (QED) is 0.574. The molecule has 3 fully saturated rings. The first-order chi connectivity index (χ1) is 18.1. The summed E-state index contributed by atoms with van der Waals surface area (Å²) in [5.41, 5.74) is 2.28.